The number of benzene rings is 1. The Kier molecular flexibility index (Phi) is 5.90. The Morgan fingerprint density at radius 3 is 2.53 bits per heavy atom. The van der Waals surface area contributed by atoms with Gasteiger partial charge in [-0.3, -0.25) is 4.79 Å². The second-order valence-corrected chi connectivity index (χ2v) is 14.5. The summed E-state index contributed by atoms with van der Waals surface area (Å²) in [5.74, 6) is 0.823. The van der Waals surface area contributed by atoms with E-state index in [-0.39, 0.29) is 10.9 Å². The van der Waals surface area contributed by atoms with Crippen molar-refractivity contribution in [2.45, 2.75) is 45.8 Å². The molecule has 1 aromatic carbocycles. The van der Waals surface area contributed by atoms with Gasteiger partial charge >= 0.3 is 0 Å². The van der Waals surface area contributed by atoms with Crippen LogP contribution in [0.5, 0.6) is 0 Å². The molecule has 0 bridgehead atoms. The van der Waals surface area contributed by atoms with Crippen molar-refractivity contribution in [3.63, 3.8) is 0 Å². The molecule has 8 nitrogen and oxygen atoms in total. The van der Waals surface area contributed by atoms with Gasteiger partial charge in [0.25, 0.3) is 8.32 Å². The lowest BCUT2D eigenvalue weighted by molar-refractivity contribution is -0.114. The third-order valence-corrected chi connectivity index (χ3v) is 10.4. The summed E-state index contributed by atoms with van der Waals surface area (Å²) in [6.07, 6.45) is 1.65. The van der Waals surface area contributed by atoms with Crippen LogP contribution in [0.3, 0.4) is 0 Å². The van der Waals surface area contributed by atoms with Gasteiger partial charge in [-0.2, -0.15) is 4.73 Å². The first-order valence-corrected chi connectivity index (χ1v) is 14.0. The summed E-state index contributed by atoms with van der Waals surface area (Å²) in [5, 5.41) is 2.78. The quantitative estimate of drug-likeness (QED) is 0.388. The molecule has 0 radical (unpaired) electrons. The highest BCUT2D eigenvalue weighted by atomic mass is 28.4. The number of hydrogen-bond donors (Lipinski definition) is 2. The lowest BCUT2D eigenvalue weighted by atomic mass is 10.1. The third kappa shape index (κ3) is 4.51. The molecule has 0 unspecified atom stereocenters. The molecule has 9 heteroatoms. The van der Waals surface area contributed by atoms with E-state index in [0.29, 0.717) is 34.1 Å². The normalized spacial score (nSPS) is 12.1. The highest BCUT2D eigenvalue weighted by molar-refractivity contribution is 6.74. The van der Waals surface area contributed by atoms with Crippen LogP contribution in [-0.2, 0) is 4.79 Å². The number of anilines is 2. The smallest absolute Gasteiger partial charge is 0.284 e. The molecule has 1 amide bonds. The first kappa shape index (κ1) is 23.4. The summed E-state index contributed by atoms with van der Waals surface area (Å²) in [5.41, 5.74) is 10.5. The number of rotatable bonds is 5. The maximum atomic E-state index is 11.5. The second-order valence-electron chi connectivity index (χ2n) is 9.82. The maximum absolute atomic E-state index is 11.5. The fraction of sp³-hybridized carbons (Fsp3) is 0.280. The number of carbonyl (C=O) groups excluding carboxylic acids is 1. The summed E-state index contributed by atoms with van der Waals surface area (Å²) >= 11 is 0. The zero-order valence-electron chi connectivity index (χ0n) is 20.4. The average molecular weight is 475 g/mol. The summed E-state index contributed by atoms with van der Waals surface area (Å²) in [7, 11) is -2.26. The second kappa shape index (κ2) is 8.57. The van der Waals surface area contributed by atoms with Gasteiger partial charge in [-0.1, -0.05) is 32.9 Å². The summed E-state index contributed by atoms with van der Waals surface area (Å²) in [6.45, 7) is 12.4. The Morgan fingerprint density at radius 1 is 1.09 bits per heavy atom. The van der Waals surface area contributed by atoms with Gasteiger partial charge in [0.1, 0.15) is 11.3 Å². The van der Waals surface area contributed by atoms with E-state index in [9.17, 15) is 4.79 Å². The first-order valence-electron chi connectivity index (χ1n) is 11.1. The molecule has 0 aliphatic heterocycles. The number of imidazole rings is 1. The number of aromatic nitrogens is 4. The number of nitrogens with zero attached hydrogens (tertiary/aromatic N) is 4. The van der Waals surface area contributed by atoms with E-state index >= 15 is 0 Å². The lowest BCUT2D eigenvalue weighted by Gasteiger charge is -2.36. The SMILES string of the molecule is CC(=O)Nc1cccc(-c2ccc3nc(-c4cccnc4N)n(O[Si](C)(C)C(C)(C)C)c3n2)c1. The minimum Gasteiger partial charge on any atom is -0.466 e. The van der Waals surface area contributed by atoms with Gasteiger partial charge in [0.2, 0.25) is 5.91 Å². The molecular weight excluding hydrogens is 444 g/mol. The van der Waals surface area contributed by atoms with Crippen LogP contribution in [0.15, 0.2) is 54.7 Å². The number of carbonyl (C=O) groups is 1. The van der Waals surface area contributed by atoms with Crippen molar-refractivity contribution in [2.24, 2.45) is 0 Å². The highest BCUT2D eigenvalue weighted by Crippen LogP contribution is 2.37. The molecule has 3 aromatic heterocycles. The standard InChI is InChI=1S/C25H30N6O2Si/c1-16(32)28-18-10-7-9-17(15-18)20-12-13-21-24(29-20)31(33-34(5,6)25(2,3)4)23(30-21)19-11-8-14-27-22(19)26/h7-15H,1-6H3,(H2,26,27)(H,28,32). The Morgan fingerprint density at radius 2 is 1.85 bits per heavy atom. The van der Waals surface area contributed by atoms with Crippen molar-refractivity contribution in [3.05, 3.63) is 54.7 Å². The Labute approximate surface area is 200 Å². The largest absolute Gasteiger partial charge is 0.466 e. The van der Waals surface area contributed by atoms with Crippen LogP contribution in [0.4, 0.5) is 11.5 Å². The lowest BCUT2D eigenvalue weighted by Crippen LogP contribution is -2.48. The number of pyridine rings is 2. The summed E-state index contributed by atoms with van der Waals surface area (Å²) in [4.78, 5) is 25.5. The van der Waals surface area contributed by atoms with Crippen LogP contribution >= 0.6 is 0 Å². The highest BCUT2D eigenvalue weighted by Gasteiger charge is 2.41. The summed E-state index contributed by atoms with van der Waals surface area (Å²) < 4.78 is 8.44. The van der Waals surface area contributed by atoms with Gasteiger partial charge < -0.3 is 15.6 Å². The average Bonchev–Trinajstić information content (AvgIpc) is 3.10. The predicted octanol–water partition coefficient (Wildman–Crippen LogP) is 5.13. The van der Waals surface area contributed by atoms with Crippen LogP contribution in [0.2, 0.25) is 18.1 Å². The van der Waals surface area contributed by atoms with E-state index in [4.69, 9.17) is 20.2 Å². The van der Waals surface area contributed by atoms with Crippen LogP contribution in [0.1, 0.15) is 27.7 Å². The van der Waals surface area contributed by atoms with Gasteiger partial charge in [-0.05, 0) is 54.5 Å². The molecule has 0 saturated heterocycles. The van der Waals surface area contributed by atoms with Crippen molar-refractivity contribution in [1.29, 1.82) is 0 Å². The monoisotopic (exact) mass is 474 g/mol. The molecule has 3 N–H and O–H groups in total. The van der Waals surface area contributed by atoms with Crippen LogP contribution in [0, 0.1) is 0 Å². The van der Waals surface area contributed by atoms with Crippen molar-refractivity contribution in [2.75, 3.05) is 11.1 Å². The zero-order chi connectivity index (χ0) is 24.7. The molecule has 3 heterocycles. The van der Waals surface area contributed by atoms with Gasteiger partial charge in [-0.25, -0.2) is 15.0 Å². The van der Waals surface area contributed by atoms with E-state index in [1.54, 1.807) is 10.9 Å². The van der Waals surface area contributed by atoms with Gasteiger partial charge in [-0.15, -0.1) is 0 Å². The minimum absolute atomic E-state index is 0.0361. The molecular formula is C25H30N6O2Si. The maximum Gasteiger partial charge on any atom is 0.284 e. The Hall–Kier alpha value is -3.72. The van der Waals surface area contributed by atoms with Crippen molar-refractivity contribution < 1.29 is 9.32 Å². The predicted molar refractivity (Wildman–Crippen MR) is 139 cm³/mol. The zero-order valence-corrected chi connectivity index (χ0v) is 21.4. The molecule has 0 fully saturated rings. The van der Waals surface area contributed by atoms with Gasteiger partial charge in [0.15, 0.2) is 11.5 Å². The molecule has 4 rings (SSSR count). The topological polar surface area (TPSA) is 108 Å². The van der Waals surface area contributed by atoms with Crippen LogP contribution in [-0.4, -0.2) is 33.9 Å². The minimum atomic E-state index is -2.26. The molecule has 34 heavy (non-hydrogen) atoms. The van der Waals surface area contributed by atoms with E-state index < -0.39 is 8.32 Å². The molecule has 0 spiro atoms. The molecule has 0 aliphatic rings. The number of nitrogens with two attached hydrogens (primary N) is 1. The van der Waals surface area contributed by atoms with Crippen molar-refractivity contribution >= 4 is 36.9 Å². The molecule has 0 saturated carbocycles. The number of nitrogens with one attached hydrogen (secondary N) is 1. The Balaban J connectivity index is 1.91. The van der Waals surface area contributed by atoms with Crippen molar-refractivity contribution in [1.82, 2.24) is 19.7 Å². The van der Waals surface area contributed by atoms with E-state index in [2.05, 4.69) is 44.2 Å². The number of nitrogen functional groups attached to an aromatic ring is 1. The van der Waals surface area contributed by atoms with E-state index in [1.807, 2.05) is 48.5 Å². The van der Waals surface area contributed by atoms with E-state index in [0.717, 1.165) is 11.3 Å². The van der Waals surface area contributed by atoms with Crippen molar-refractivity contribution in [3.8, 4) is 22.6 Å². The molecule has 0 atom stereocenters. The molecule has 0 aliphatic carbocycles. The van der Waals surface area contributed by atoms with Crippen LogP contribution < -0.4 is 15.6 Å². The number of fused-ring (bicyclic) bond motifs is 1. The fourth-order valence-corrected chi connectivity index (χ4v) is 4.19. The van der Waals surface area contributed by atoms with E-state index in [1.165, 1.54) is 6.92 Å². The number of hydrogen-bond acceptors (Lipinski definition) is 6. The molecule has 4 aromatic rings. The summed E-state index contributed by atoms with van der Waals surface area (Å²) in [6, 6.07) is 15.1. The fourth-order valence-electron chi connectivity index (χ4n) is 3.29. The van der Waals surface area contributed by atoms with Gasteiger partial charge in [0, 0.05) is 24.4 Å². The molecule has 176 valence electrons. The Bertz CT molecular complexity index is 1370. The van der Waals surface area contributed by atoms with Crippen LogP contribution in [0.25, 0.3) is 33.8 Å². The number of amides is 1. The van der Waals surface area contributed by atoms with Gasteiger partial charge in [0.05, 0.1) is 11.3 Å². The third-order valence-electron chi connectivity index (χ3n) is 6.15. The first-order chi connectivity index (χ1) is 16.0.